The summed E-state index contributed by atoms with van der Waals surface area (Å²) in [5.41, 5.74) is 0. The summed E-state index contributed by atoms with van der Waals surface area (Å²) in [6, 6.07) is 0.112. The van der Waals surface area contributed by atoms with Crippen molar-refractivity contribution in [1.82, 2.24) is 0 Å². The zero-order chi connectivity index (χ0) is 35.3. The molecule has 0 heterocycles. The second kappa shape index (κ2) is 23.8. The molecule has 0 bridgehead atoms. The van der Waals surface area contributed by atoms with Crippen molar-refractivity contribution in [2.24, 2.45) is 0 Å². The first-order valence-corrected chi connectivity index (χ1v) is 18.8. The van der Waals surface area contributed by atoms with Gasteiger partial charge in [-0.2, -0.15) is 17.6 Å². The predicted molar refractivity (Wildman–Crippen MR) is 172 cm³/mol. The van der Waals surface area contributed by atoms with Gasteiger partial charge in [0.2, 0.25) is 34.8 Å². The van der Waals surface area contributed by atoms with Crippen LogP contribution in [0.3, 0.4) is 0 Å². The van der Waals surface area contributed by atoms with Gasteiger partial charge in [-0.25, -0.2) is 17.6 Å². The maximum atomic E-state index is 13.6. The average molecular weight is 731 g/mol. The zero-order valence-corrected chi connectivity index (χ0v) is 28.4. The first kappa shape index (κ1) is 41.7. The molecular weight excluding hydrogens is 688 g/mol. The normalized spacial score (nSPS) is 11.2. The van der Waals surface area contributed by atoms with Gasteiger partial charge in [-0.1, -0.05) is 98.6 Å². The van der Waals surface area contributed by atoms with Gasteiger partial charge in [0, 0.05) is 36.5 Å². The second-order valence-corrected chi connectivity index (χ2v) is 14.0. The fourth-order valence-electron chi connectivity index (χ4n) is 4.71. The highest BCUT2D eigenvalue weighted by Gasteiger charge is 2.24. The van der Waals surface area contributed by atoms with Crippen LogP contribution in [0.15, 0.2) is 12.1 Å². The molecule has 0 fully saturated rings. The van der Waals surface area contributed by atoms with Crippen LogP contribution in [-0.2, 0) is 9.59 Å². The molecule has 0 unspecified atom stereocenters. The summed E-state index contributed by atoms with van der Waals surface area (Å²) in [7, 11) is 3.77. The molecule has 0 aliphatic rings. The summed E-state index contributed by atoms with van der Waals surface area (Å²) in [4.78, 5) is 23.6. The summed E-state index contributed by atoms with van der Waals surface area (Å²) >= 11 is 0. The first-order valence-electron chi connectivity index (χ1n) is 16.3. The van der Waals surface area contributed by atoms with Crippen molar-refractivity contribution in [3.8, 4) is 11.5 Å². The van der Waals surface area contributed by atoms with Gasteiger partial charge in [-0.05, 0) is 25.7 Å². The summed E-state index contributed by atoms with van der Waals surface area (Å²) in [6.07, 6.45) is 15.0. The number of unbranched alkanes of at least 4 members (excludes halogenated alkanes) is 14. The minimum absolute atomic E-state index is 0.0559. The number of hydrogen-bond acceptors (Lipinski definition) is 6. The molecule has 4 nitrogen and oxygen atoms in total. The topological polar surface area (TPSA) is 52.6 Å². The van der Waals surface area contributed by atoms with Gasteiger partial charge in [0.1, 0.15) is 0 Å². The number of hydrogen-bond donors (Lipinski definition) is 0. The van der Waals surface area contributed by atoms with Crippen LogP contribution in [0.2, 0.25) is 0 Å². The molecule has 0 N–H and O–H groups in total. The number of benzene rings is 2. The van der Waals surface area contributed by atoms with E-state index in [0.29, 0.717) is 12.8 Å². The van der Waals surface area contributed by atoms with Crippen LogP contribution in [-0.4, -0.2) is 23.4 Å². The molecule has 0 aliphatic heterocycles. The van der Waals surface area contributed by atoms with E-state index in [2.05, 4.69) is 9.47 Å². The van der Waals surface area contributed by atoms with Crippen LogP contribution in [0.25, 0.3) is 0 Å². The Kier molecular flexibility index (Phi) is 20.7. The number of esters is 2. The molecule has 0 atom stereocenters. The van der Waals surface area contributed by atoms with Crippen LogP contribution in [0.1, 0.15) is 116 Å². The van der Waals surface area contributed by atoms with Gasteiger partial charge < -0.3 is 9.47 Å². The Balaban J connectivity index is 1.31. The lowest BCUT2D eigenvalue weighted by Crippen LogP contribution is -2.11. The lowest BCUT2D eigenvalue weighted by Gasteiger charge is -2.08. The van der Waals surface area contributed by atoms with E-state index in [0.717, 1.165) is 101 Å². The fourth-order valence-corrected chi connectivity index (χ4v) is 7.01. The minimum atomic E-state index is -1.73. The van der Waals surface area contributed by atoms with Gasteiger partial charge >= 0.3 is 11.9 Å². The number of carbonyl (C=O) groups is 2. The number of rotatable bonds is 25. The lowest BCUT2D eigenvalue weighted by molar-refractivity contribution is -0.135. The van der Waals surface area contributed by atoms with Gasteiger partial charge in [0.15, 0.2) is 23.3 Å². The zero-order valence-electron chi connectivity index (χ0n) is 26.8. The maximum Gasteiger partial charge on any atom is 0.311 e. The summed E-state index contributed by atoms with van der Waals surface area (Å²) in [6.45, 7) is 0. The van der Waals surface area contributed by atoms with E-state index in [-0.39, 0.29) is 25.0 Å². The van der Waals surface area contributed by atoms with Crippen molar-refractivity contribution in [1.29, 1.82) is 0 Å². The van der Waals surface area contributed by atoms with E-state index in [9.17, 15) is 44.7 Å². The molecule has 2 aromatic rings. The second-order valence-electron chi connectivity index (χ2n) is 11.3. The first-order chi connectivity index (χ1) is 23.0. The number of carbonyl (C=O) groups excluding carboxylic acids is 2. The highest BCUT2D eigenvalue weighted by Crippen LogP contribution is 2.29. The fraction of sp³-hybridized carbons (Fsp3) is 0.588. The Bertz CT molecular complexity index is 1150. The van der Waals surface area contributed by atoms with E-state index in [1.807, 2.05) is 21.6 Å². The smallest absolute Gasteiger partial charge is 0.311 e. The molecule has 48 heavy (non-hydrogen) atoms. The molecule has 0 aliphatic carbocycles. The molecule has 2 rings (SSSR count). The molecule has 0 spiro atoms. The Hall–Kier alpha value is -2.48. The van der Waals surface area contributed by atoms with Crippen LogP contribution in [0.4, 0.5) is 35.1 Å². The Morgan fingerprint density at radius 3 is 0.958 bits per heavy atom. The summed E-state index contributed by atoms with van der Waals surface area (Å²) < 4.78 is 116. The summed E-state index contributed by atoms with van der Waals surface area (Å²) in [5.74, 6) is -15.8. The molecule has 0 radical (unpaired) electrons. The third-order valence-electron chi connectivity index (χ3n) is 7.38. The Labute approximate surface area is 284 Å². The Morgan fingerprint density at radius 2 is 0.667 bits per heavy atom. The third kappa shape index (κ3) is 15.8. The number of halogens is 8. The van der Waals surface area contributed by atoms with E-state index in [1.54, 1.807) is 0 Å². The van der Waals surface area contributed by atoms with Crippen molar-refractivity contribution < 1.29 is 54.2 Å². The predicted octanol–water partition coefficient (Wildman–Crippen LogP) is 11.7. The van der Waals surface area contributed by atoms with E-state index in [4.69, 9.17) is 0 Å². The molecule has 14 heteroatoms. The highest BCUT2D eigenvalue weighted by atomic mass is 33.1. The average Bonchev–Trinajstić information content (AvgIpc) is 3.05. The van der Waals surface area contributed by atoms with Crippen LogP contribution in [0, 0.1) is 46.5 Å². The van der Waals surface area contributed by atoms with Crippen molar-refractivity contribution in [2.75, 3.05) is 11.5 Å². The van der Waals surface area contributed by atoms with E-state index < -0.39 is 70.0 Å². The molecule has 0 saturated carbocycles. The van der Waals surface area contributed by atoms with Gasteiger partial charge in [-0.15, -0.1) is 0 Å². The molecular formula is C34H42F8O4S2. The molecule has 270 valence electrons. The summed E-state index contributed by atoms with van der Waals surface area (Å²) in [5, 5.41) is 0. The third-order valence-corrected chi connectivity index (χ3v) is 9.95. The van der Waals surface area contributed by atoms with Crippen molar-refractivity contribution in [3.63, 3.8) is 0 Å². The quantitative estimate of drug-likeness (QED) is 0.0253. The van der Waals surface area contributed by atoms with E-state index >= 15 is 0 Å². The monoisotopic (exact) mass is 730 g/mol. The largest absolute Gasteiger partial charge is 0.420 e. The van der Waals surface area contributed by atoms with Gasteiger partial charge in [-0.3, -0.25) is 9.59 Å². The molecule has 0 amide bonds. The van der Waals surface area contributed by atoms with Gasteiger partial charge in [0.05, 0.1) is 0 Å². The van der Waals surface area contributed by atoms with Crippen molar-refractivity contribution >= 4 is 33.5 Å². The SMILES string of the molecule is O=C(CCCCCCCCCCSSCCCCCCCCCCC(=O)Oc1c(F)c(F)cc(F)c1F)Oc1c(F)c(F)cc(F)c1F. The van der Waals surface area contributed by atoms with Crippen LogP contribution in [0.5, 0.6) is 11.5 Å². The Morgan fingerprint density at radius 1 is 0.417 bits per heavy atom. The van der Waals surface area contributed by atoms with Gasteiger partial charge in [0.25, 0.3) is 0 Å². The van der Waals surface area contributed by atoms with Crippen molar-refractivity contribution in [2.45, 2.75) is 116 Å². The van der Waals surface area contributed by atoms with Crippen LogP contribution < -0.4 is 9.47 Å². The van der Waals surface area contributed by atoms with E-state index in [1.165, 1.54) is 0 Å². The number of ether oxygens (including phenoxy) is 2. The van der Waals surface area contributed by atoms with Crippen LogP contribution >= 0.6 is 21.6 Å². The highest BCUT2D eigenvalue weighted by molar-refractivity contribution is 8.76. The lowest BCUT2D eigenvalue weighted by atomic mass is 10.1. The minimum Gasteiger partial charge on any atom is -0.420 e. The maximum absolute atomic E-state index is 13.6. The van der Waals surface area contributed by atoms with Crippen molar-refractivity contribution in [3.05, 3.63) is 58.7 Å². The molecule has 0 saturated heterocycles. The molecule has 2 aromatic carbocycles. The standard InChI is InChI=1S/C34H42F8O4S2/c35-23-21-24(36)30(40)33(29(23)39)45-27(43)17-13-9-5-1-3-7-11-15-19-47-48-20-16-12-8-4-2-6-10-14-18-28(44)46-34-31(41)25(37)22-26(38)32(34)42/h21-22H,1-20H2. The molecule has 0 aromatic heterocycles.